The van der Waals surface area contributed by atoms with Gasteiger partial charge in [0, 0.05) is 22.5 Å². The molecule has 0 aliphatic heterocycles. The van der Waals surface area contributed by atoms with E-state index in [2.05, 4.69) is 31.1 Å². The summed E-state index contributed by atoms with van der Waals surface area (Å²) in [5.41, 5.74) is 1.93. The molecule has 302 valence electrons. The van der Waals surface area contributed by atoms with E-state index in [0.717, 1.165) is 23.3 Å². The van der Waals surface area contributed by atoms with Crippen LogP contribution in [0, 0.1) is 13.8 Å². The molecule has 20 heteroatoms. The van der Waals surface area contributed by atoms with Crippen molar-refractivity contribution in [2.45, 2.75) is 23.6 Å². The van der Waals surface area contributed by atoms with Crippen molar-refractivity contribution in [3.63, 3.8) is 0 Å². The number of carbonyl (C=O) groups is 2. The van der Waals surface area contributed by atoms with Crippen LogP contribution in [0.1, 0.15) is 31.8 Å². The third-order valence-electron chi connectivity index (χ3n) is 9.15. The van der Waals surface area contributed by atoms with Crippen molar-refractivity contribution in [2.24, 2.45) is 20.5 Å². The Bertz CT molecular complexity index is 2950. The predicted molar refractivity (Wildman–Crippen MR) is 219 cm³/mol. The number of carbonyl (C=O) groups excluding carboxylic acids is 2. The summed E-state index contributed by atoms with van der Waals surface area (Å²) >= 11 is 0. The minimum Gasteiger partial charge on any atom is -0.871 e. The fraction of sp³-hybridized carbons (Fsp3) is 0.0476. The van der Waals surface area contributed by atoms with E-state index in [9.17, 15) is 45.7 Å². The van der Waals surface area contributed by atoms with Crippen LogP contribution >= 0.6 is 0 Å². The van der Waals surface area contributed by atoms with E-state index in [0.29, 0.717) is 11.4 Å². The van der Waals surface area contributed by atoms with Crippen molar-refractivity contribution >= 4 is 87.7 Å². The van der Waals surface area contributed by atoms with Gasteiger partial charge in [-0.2, -0.15) is 27.1 Å². The van der Waals surface area contributed by atoms with Crippen LogP contribution in [0.25, 0.3) is 21.5 Å². The number of rotatable bonds is 10. The van der Waals surface area contributed by atoms with Gasteiger partial charge in [0.15, 0.2) is 0 Å². The third-order valence-corrected chi connectivity index (χ3v) is 10.9. The molecule has 7 rings (SSSR count). The van der Waals surface area contributed by atoms with Gasteiger partial charge >= 0.3 is 59.1 Å². The van der Waals surface area contributed by atoms with Crippen LogP contribution < -0.4 is 80.0 Å². The average Bonchev–Trinajstić information content (AvgIpc) is 3.21. The molecule has 4 N–H and O–H groups in total. The summed E-state index contributed by atoms with van der Waals surface area (Å²) in [7, 11) is -9.76. The van der Waals surface area contributed by atoms with Crippen LogP contribution in [0.15, 0.2) is 152 Å². The van der Waals surface area contributed by atoms with E-state index in [4.69, 9.17) is 0 Å². The molecule has 0 atom stereocenters. The van der Waals surface area contributed by atoms with Gasteiger partial charge in [-0.1, -0.05) is 59.0 Å². The van der Waals surface area contributed by atoms with Crippen LogP contribution in [0.3, 0.4) is 0 Å². The molecule has 0 aromatic heterocycles. The first-order valence-corrected chi connectivity index (χ1v) is 20.5. The van der Waals surface area contributed by atoms with E-state index in [1.165, 1.54) is 60.7 Å². The predicted octanol–water partition coefficient (Wildman–Crippen LogP) is 2.59. The largest absolute Gasteiger partial charge is 1.00 e. The number of aryl methyl sites for hydroxylation is 2. The molecular weight excluding hydrogens is 859 g/mol. The Hall–Kier alpha value is -5.38. The third kappa shape index (κ3) is 10.8. The maximum atomic E-state index is 13.5. The molecule has 0 saturated heterocycles. The zero-order valence-corrected chi connectivity index (χ0v) is 38.9. The molecular formula is C42H30N6Na2O10S2. The molecule has 0 fully saturated rings. The normalized spacial score (nSPS) is 11.7. The van der Waals surface area contributed by atoms with Crippen LogP contribution in [-0.4, -0.2) is 37.8 Å². The summed E-state index contributed by atoms with van der Waals surface area (Å²) in [6, 6.07) is 29.4. The van der Waals surface area contributed by atoms with Gasteiger partial charge in [-0.05, 0) is 120 Å². The minimum absolute atomic E-state index is 0. The molecule has 7 aromatic rings. The Kier molecular flexibility index (Phi) is 14.9. The van der Waals surface area contributed by atoms with E-state index >= 15 is 0 Å². The summed E-state index contributed by atoms with van der Waals surface area (Å²) in [6.07, 6.45) is 0. The van der Waals surface area contributed by atoms with Gasteiger partial charge in [-0.15, -0.1) is 10.2 Å². The van der Waals surface area contributed by atoms with Crippen molar-refractivity contribution in [3.05, 3.63) is 144 Å². The number of amides is 2. The first-order valence-electron chi connectivity index (χ1n) is 17.6. The minimum atomic E-state index is -4.88. The molecule has 2 amide bonds. The Morgan fingerprint density at radius 3 is 1.16 bits per heavy atom. The van der Waals surface area contributed by atoms with Gasteiger partial charge in [-0.25, -0.2) is 0 Å². The van der Waals surface area contributed by atoms with Gasteiger partial charge in [0.1, 0.15) is 9.79 Å². The fourth-order valence-corrected chi connectivity index (χ4v) is 7.32. The standard InChI is InChI=1S/C42H32N6O10S2.2Na/c1-23-3-13-29(14-4-23)45-47-37-35(59(53,54)55)19-27-11-17-31(21-33(27)39(37)49)43-41(51)25-7-9-26(10-8-25)42(52)44-32-18-12-28-20-36(60(56,57)58)38(40(50)34(28)22-32)48-46-30-15-5-24(2)6-16-30;;/h3-22,49-50H,1-2H3,(H,43,51)(H,44,52)(H,53,54,55)(H,56,57,58);;/q;2*+1/p-2. The second-order valence-corrected chi connectivity index (χ2v) is 16.3. The van der Waals surface area contributed by atoms with Crippen LogP contribution in [0.4, 0.5) is 34.1 Å². The van der Waals surface area contributed by atoms with Crippen molar-refractivity contribution in [1.29, 1.82) is 0 Å². The topological polar surface area (TPSA) is 262 Å². The maximum absolute atomic E-state index is 13.5. The van der Waals surface area contributed by atoms with Crippen molar-refractivity contribution in [1.82, 2.24) is 0 Å². The van der Waals surface area contributed by atoms with Gasteiger partial charge in [0.25, 0.3) is 32.1 Å². The summed E-state index contributed by atoms with van der Waals surface area (Å²) in [5.74, 6) is -2.93. The second kappa shape index (κ2) is 19.3. The molecule has 0 aliphatic carbocycles. The number of hydrogen-bond donors (Lipinski definition) is 4. The second-order valence-electron chi connectivity index (χ2n) is 13.5. The molecule has 0 spiro atoms. The zero-order valence-electron chi connectivity index (χ0n) is 33.3. The first kappa shape index (κ1) is 47.7. The number of nitrogens with one attached hydrogen (secondary N) is 2. The Balaban J connectivity index is 0.00000363. The number of azo groups is 2. The molecule has 62 heavy (non-hydrogen) atoms. The smallest absolute Gasteiger partial charge is 0.871 e. The van der Waals surface area contributed by atoms with E-state index in [-0.39, 0.29) is 103 Å². The quantitative estimate of drug-likeness (QED) is 0.0886. The molecule has 0 aliphatic rings. The maximum Gasteiger partial charge on any atom is 1.00 e. The van der Waals surface area contributed by atoms with Crippen molar-refractivity contribution in [3.8, 4) is 11.5 Å². The molecule has 0 bridgehead atoms. The Morgan fingerprint density at radius 1 is 0.500 bits per heavy atom. The van der Waals surface area contributed by atoms with E-state index < -0.39 is 64.7 Å². The molecule has 16 nitrogen and oxygen atoms in total. The van der Waals surface area contributed by atoms with Crippen LogP contribution in [0.2, 0.25) is 0 Å². The van der Waals surface area contributed by atoms with E-state index in [1.54, 1.807) is 48.5 Å². The van der Waals surface area contributed by atoms with Crippen molar-refractivity contribution in [2.75, 3.05) is 10.6 Å². The van der Waals surface area contributed by atoms with Gasteiger partial charge in [0.05, 0.1) is 22.7 Å². The molecule has 0 radical (unpaired) electrons. The number of anilines is 2. The number of benzene rings is 7. The Morgan fingerprint density at radius 2 is 0.839 bits per heavy atom. The molecule has 7 aromatic carbocycles. The zero-order chi connectivity index (χ0) is 42.9. The number of hydrogen-bond acceptors (Lipinski definition) is 12. The average molecular weight is 889 g/mol. The summed E-state index contributed by atoms with van der Waals surface area (Å²) in [5, 5.41) is 48.3. The molecule has 0 heterocycles. The number of fused-ring (bicyclic) bond motifs is 2. The number of nitrogens with zero attached hydrogens (tertiary/aromatic N) is 4. The SMILES string of the molecule is Cc1ccc(N=Nc2c(S(=O)(=O)O)cc3ccc(NC(=O)c4ccc(C(=O)Nc5ccc6cc(S(=O)(=O)O)c(N=Nc7ccc(C)cc7)c([O-])c6c5)cc4)cc3c2[O-])cc1.[Na+].[Na+]. The molecule has 0 unspecified atom stereocenters. The molecule has 0 saturated carbocycles. The van der Waals surface area contributed by atoms with E-state index in [1.807, 2.05) is 13.8 Å². The monoisotopic (exact) mass is 888 g/mol. The first-order chi connectivity index (χ1) is 28.4. The van der Waals surface area contributed by atoms with Gasteiger partial charge < -0.3 is 20.8 Å². The van der Waals surface area contributed by atoms with Gasteiger partial charge in [0.2, 0.25) is 0 Å². The summed E-state index contributed by atoms with van der Waals surface area (Å²) in [6.45, 7) is 3.72. The summed E-state index contributed by atoms with van der Waals surface area (Å²) < 4.78 is 68.5. The summed E-state index contributed by atoms with van der Waals surface area (Å²) in [4.78, 5) is 25.0. The fourth-order valence-electron chi connectivity index (χ4n) is 6.01. The van der Waals surface area contributed by atoms with Crippen LogP contribution in [0.5, 0.6) is 11.5 Å². The van der Waals surface area contributed by atoms with Gasteiger partial charge in [-0.3, -0.25) is 18.7 Å². The van der Waals surface area contributed by atoms with Crippen LogP contribution in [-0.2, 0) is 20.2 Å². The van der Waals surface area contributed by atoms with Crippen molar-refractivity contribution < 1.29 is 105 Å². The Labute approximate surface area is 398 Å².